The van der Waals surface area contributed by atoms with E-state index in [4.69, 9.17) is 0 Å². The summed E-state index contributed by atoms with van der Waals surface area (Å²) in [7, 11) is 3.70. The van der Waals surface area contributed by atoms with E-state index < -0.39 is 0 Å². The van der Waals surface area contributed by atoms with Gasteiger partial charge in [-0.05, 0) is 23.8 Å². The molecule has 0 aromatic heterocycles. The molecule has 1 aliphatic carbocycles. The normalized spacial score (nSPS) is 14.8. The smallest absolute Gasteiger partial charge is 0.0291 e. The topological polar surface area (TPSA) is 0 Å². The average molecular weight is 307 g/mol. The third-order valence-electron chi connectivity index (χ3n) is 2.60. The number of benzene rings is 1. The molecule has 2 rings (SSSR count). The van der Waals surface area contributed by atoms with Crippen LogP contribution in [0.25, 0.3) is 0 Å². The molecule has 0 aliphatic heterocycles. The molecule has 0 atom stereocenters. The van der Waals surface area contributed by atoms with Crippen LogP contribution < -0.4 is 0 Å². The van der Waals surface area contributed by atoms with Crippen molar-refractivity contribution < 1.29 is 0 Å². The summed E-state index contributed by atoms with van der Waals surface area (Å²) in [6.45, 7) is 0. The Morgan fingerprint density at radius 1 is 1.11 bits per heavy atom. The van der Waals surface area contributed by atoms with E-state index in [9.17, 15) is 0 Å². The van der Waals surface area contributed by atoms with Gasteiger partial charge in [0.05, 0.1) is 0 Å². The Hall–Kier alpha value is -0.510. The highest BCUT2D eigenvalue weighted by atomic mass is 33.1. The quantitative estimate of drug-likeness (QED) is 0.444. The summed E-state index contributed by atoms with van der Waals surface area (Å²) in [4.78, 5) is 1.41. The first-order valence-electron chi connectivity index (χ1n) is 6.42. The third-order valence-corrected chi connectivity index (χ3v) is 5.58. The molecule has 0 radical (unpaired) electrons. The summed E-state index contributed by atoms with van der Waals surface area (Å²) < 4.78 is 0. The van der Waals surface area contributed by atoms with Gasteiger partial charge in [-0.15, -0.1) is 11.8 Å². The summed E-state index contributed by atoms with van der Waals surface area (Å²) in [6.07, 6.45) is 11.5. The van der Waals surface area contributed by atoms with Crippen molar-refractivity contribution in [2.75, 3.05) is 5.75 Å². The molecule has 0 saturated carbocycles. The van der Waals surface area contributed by atoms with Crippen molar-refractivity contribution in [2.24, 2.45) is 0 Å². The Bertz CT molecular complexity index is 446. The van der Waals surface area contributed by atoms with E-state index in [0.717, 1.165) is 11.5 Å². The van der Waals surface area contributed by atoms with Crippen molar-refractivity contribution in [3.63, 3.8) is 0 Å². The van der Waals surface area contributed by atoms with Crippen LogP contribution in [0.1, 0.15) is 18.4 Å². The highest BCUT2D eigenvalue weighted by Gasteiger charge is 1.96. The lowest BCUT2D eigenvalue weighted by Crippen LogP contribution is -1.80. The van der Waals surface area contributed by atoms with Gasteiger partial charge in [0.2, 0.25) is 0 Å². The van der Waals surface area contributed by atoms with E-state index in [1.165, 1.54) is 23.3 Å². The highest BCUT2D eigenvalue weighted by molar-refractivity contribution is 8.77. The van der Waals surface area contributed by atoms with E-state index in [-0.39, 0.29) is 0 Å². The molecule has 1 aliphatic rings. The number of thioether (sulfide) groups is 1. The Kier molecular flexibility index (Phi) is 7.37. The Labute approximate surface area is 128 Å². The zero-order valence-corrected chi connectivity index (χ0v) is 13.3. The van der Waals surface area contributed by atoms with E-state index in [0.29, 0.717) is 0 Å². The van der Waals surface area contributed by atoms with Gasteiger partial charge >= 0.3 is 0 Å². The zero-order valence-electron chi connectivity index (χ0n) is 10.8. The second-order valence-electron chi connectivity index (χ2n) is 4.11. The van der Waals surface area contributed by atoms with Crippen LogP contribution >= 0.6 is 33.3 Å². The molecule has 0 heterocycles. The molecule has 1 aromatic rings. The largest absolute Gasteiger partial charge is 0.122 e. The maximum atomic E-state index is 2.33. The van der Waals surface area contributed by atoms with Crippen LogP contribution in [0, 0.1) is 0 Å². The van der Waals surface area contributed by atoms with Gasteiger partial charge in [-0.2, -0.15) is 0 Å². The van der Waals surface area contributed by atoms with E-state index >= 15 is 0 Å². The molecule has 0 spiro atoms. The van der Waals surface area contributed by atoms with Crippen molar-refractivity contribution >= 4 is 33.3 Å². The summed E-state index contributed by atoms with van der Waals surface area (Å²) in [5.74, 6) is 2.13. The molecule has 0 nitrogen and oxygen atoms in total. The highest BCUT2D eigenvalue weighted by Crippen LogP contribution is 2.27. The maximum Gasteiger partial charge on any atom is 0.0291 e. The fourth-order valence-electron chi connectivity index (χ4n) is 1.63. The minimum absolute atomic E-state index is 1.06. The third kappa shape index (κ3) is 6.46. The predicted molar refractivity (Wildman–Crippen MR) is 93.4 cm³/mol. The molecule has 19 heavy (non-hydrogen) atoms. The molecule has 0 amide bonds. The van der Waals surface area contributed by atoms with Gasteiger partial charge in [-0.3, -0.25) is 0 Å². The van der Waals surface area contributed by atoms with E-state index in [1.54, 1.807) is 0 Å². The van der Waals surface area contributed by atoms with Crippen molar-refractivity contribution in [2.45, 2.75) is 18.6 Å². The van der Waals surface area contributed by atoms with E-state index in [2.05, 4.69) is 60.0 Å². The van der Waals surface area contributed by atoms with Crippen molar-refractivity contribution in [3.8, 4) is 0 Å². The first kappa shape index (κ1) is 14.9. The minimum Gasteiger partial charge on any atom is -0.122 e. The monoisotopic (exact) mass is 306 g/mol. The standard InChI is InChI=1S/C16H18S3/c1-3-8-15(9-4-1)14-19-18-13-7-12-17-16-10-5-2-6-11-16/h1,3-5,7-11,13H,2,6,12,14H2/b13-7+. The summed E-state index contributed by atoms with van der Waals surface area (Å²) >= 11 is 1.92. The molecular formula is C16H18S3. The van der Waals surface area contributed by atoms with Gasteiger partial charge in [0.25, 0.3) is 0 Å². The number of rotatable bonds is 7. The predicted octanol–water partition coefficient (Wildman–Crippen LogP) is 6.05. The Morgan fingerprint density at radius 2 is 2.00 bits per heavy atom. The van der Waals surface area contributed by atoms with Crippen LogP contribution in [-0.2, 0) is 5.75 Å². The van der Waals surface area contributed by atoms with Crippen LogP contribution in [0.3, 0.4) is 0 Å². The van der Waals surface area contributed by atoms with Gasteiger partial charge in [0.15, 0.2) is 0 Å². The second kappa shape index (κ2) is 9.40. The maximum absolute atomic E-state index is 2.33. The summed E-state index contributed by atoms with van der Waals surface area (Å²) in [5, 5.41) is 2.20. The number of allylic oxidation sites excluding steroid dienone is 3. The molecule has 1 aromatic carbocycles. The molecule has 0 N–H and O–H groups in total. The van der Waals surface area contributed by atoms with Gasteiger partial charge < -0.3 is 0 Å². The zero-order chi connectivity index (χ0) is 13.2. The molecule has 0 unspecified atom stereocenters. The lowest BCUT2D eigenvalue weighted by atomic mass is 10.2. The van der Waals surface area contributed by atoms with Crippen molar-refractivity contribution in [1.29, 1.82) is 0 Å². The van der Waals surface area contributed by atoms with E-state index in [1.807, 2.05) is 33.3 Å². The fourth-order valence-corrected chi connectivity index (χ4v) is 4.30. The van der Waals surface area contributed by atoms with Gasteiger partial charge in [-0.25, -0.2) is 0 Å². The lowest BCUT2D eigenvalue weighted by Gasteiger charge is -2.03. The first-order chi connectivity index (χ1) is 9.45. The molecule has 0 saturated heterocycles. The second-order valence-corrected chi connectivity index (χ2v) is 7.48. The van der Waals surface area contributed by atoms with Gasteiger partial charge in [0, 0.05) is 16.4 Å². The molecule has 0 bridgehead atoms. The molecular weight excluding hydrogens is 288 g/mol. The minimum atomic E-state index is 1.06. The number of hydrogen-bond donors (Lipinski definition) is 0. The Morgan fingerprint density at radius 3 is 2.79 bits per heavy atom. The van der Waals surface area contributed by atoms with Crippen LogP contribution in [0.4, 0.5) is 0 Å². The Balaban J connectivity index is 1.54. The van der Waals surface area contributed by atoms with Crippen molar-refractivity contribution in [1.82, 2.24) is 0 Å². The molecule has 0 fully saturated rings. The van der Waals surface area contributed by atoms with Crippen molar-refractivity contribution in [3.05, 3.63) is 70.5 Å². The summed E-state index contributed by atoms with van der Waals surface area (Å²) in [5.41, 5.74) is 1.39. The molecule has 3 heteroatoms. The van der Waals surface area contributed by atoms with Gasteiger partial charge in [0.1, 0.15) is 0 Å². The van der Waals surface area contributed by atoms with Crippen LogP contribution in [0.5, 0.6) is 0 Å². The van der Waals surface area contributed by atoms with Crippen LogP contribution in [-0.4, -0.2) is 5.75 Å². The first-order valence-corrected chi connectivity index (χ1v) is 9.78. The van der Waals surface area contributed by atoms with Crippen LogP contribution in [0.2, 0.25) is 0 Å². The lowest BCUT2D eigenvalue weighted by molar-refractivity contribution is 1.03. The summed E-state index contributed by atoms with van der Waals surface area (Å²) in [6, 6.07) is 10.6. The van der Waals surface area contributed by atoms with Crippen LogP contribution in [0.15, 0.2) is 64.9 Å². The number of hydrogen-bond acceptors (Lipinski definition) is 3. The fraction of sp³-hybridized carbons (Fsp3) is 0.250. The SMILES string of the molecule is C1=CC(SC/C=C/SSCc2ccccc2)=CCC1. The average Bonchev–Trinajstić information content (AvgIpc) is 2.48. The van der Waals surface area contributed by atoms with Gasteiger partial charge in [-0.1, -0.05) is 76.2 Å². The molecule has 100 valence electrons.